The number of nitrogens with one attached hydrogen (secondary N) is 1. The van der Waals surface area contributed by atoms with Crippen molar-refractivity contribution in [2.75, 3.05) is 6.54 Å². The van der Waals surface area contributed by atoms with E-state index < -0.39 is 17.5 Å². The number of halogens is 3. The van der Waals surface area contributed by atoms with Crippen LogP contribution in [0.5, 0.6) is 0 Å². The van der Waals surface area contributed by atoms with E-state index in [0.717, 1.165) is 30.9 Å². The lowest BCUT2D eigenvalue weighted by molar-refractivity contribution is -0.143. The third-order valence-electron chi connectivity index (χ3n) is 7.24. The zero-order valence-electron chi connectivity index (χ0n) is 18.6. The SMILES string of the molecule is NC(=O)CC1CCCCN1C(=O)C1CC(c2c(-c3ccc(F)cc3)[nH]c3c(F)cc(F)cc23)C1. The van der Waals surface area contributed by atoms with Gasteiger partial charge in [0.05, 0.1) is 11.2 Å². The Labute approximate surface area is 195 Å². The minimum absolute atomic E-state index is 0.0164. The second-order valence-corrected chi connectivity index (χ2v) is 9.45. The van der Waals surface area contributed by atoms with E-state index in [2.05, 4.69) is 4.98 Å². The number of hydrogen-bond acceptors (Lipinski definition) is 2. The zero-order chi connectivity index (χ0) is 24.0. The van der Waals surface area contributed by atoms with E-state index in [1.807, 2.05) is 0 Å². The highest BCUT2D eigenvalue weighted by Crippen LogP contribution is 2.49. The van der Waals surface area contributed by atoms with Gasteiger partial charge in [0.2, 0.25) is 11.8 Å². The topological polar surface area (TPSA) is 79.2 Å². The van der Waals surface area contributed by atoms with Crippen molar-refractivity contribution in [2.24, 2.45) is 11.7 Å². The number of piperidine rings is 1. The third-order valence-corrected chi connectivity index (χ3v) is 7.24. The molecule has 1 atom stereocenters. The summed E-state index contributed by atoms with van der Waals surface area (Å²) in [5, 5.41) is 0.442. The van der Waals surface area contributed by atoms with Crippen LogP contribution in [0.25, 0.3) is 22.2 Å². The molecule has 0 spiro atoms. The fraction of sp³-hybridized carbons (Fsp3) is 0.385. The Morgan fingerprint density at radius 1 is 1.03 bits per heavy atom. The zero-order valence-corrected chi connectivity index (χ0v) is 18.6. The maximum atomic E-state index is 14.6. The Hall–Kier alpha value is -3.29. The van der Waals surface area contributed by atoms with Crippen LogP contribution in [-0.2, 0) is 9.59 Å². The Morgan fingerprint density at radius 2 is 1.76 bits per heavy atom. The Bertz CT molecular complexity index is 1250. The van der Waals surface area contributed by atoms with Crippen molar-refractivity contribution in [1.82, 2.24) is 9.88 Å². The van der Waals surface area contributed by atoms with Crippen molar-refractivity contribution < 1.29 is 22.8 Å². The number of benzene rings is 2. The summed E-state index contributed by atoms with van der Waals surface area (Å²) in [6.45, 7) is 0.613. The number of fused-ring (bicyclic) bond motifs is 1. The fourth-order valence-electron chi connectivity index (χ4n) is 5.53. The number of nitrogens with zero attached hydrogens (tertiary/aromatic N) is 1. The first-order chi connectivity index (χ1) is 16.3. The molecule has 1 saturated heterocycles. The van der Waals surface area contributed by atoms with Crippen molar-refractivity contribution in [3.8, 4) is 11.3 Å². The molecule has 0 bridgehead atoms. The number of H-pyrrole nitrogens is 1. The molecule has 1 aliphatic heterocycles. The van der Waals surface area contributed by atoms with E-state index in [1.54, 1.807) is 17.0 Å². The molecule has 1 aliphatic carbocycles. The molecular formula is C26H26F3N3O2. The maximum absolute atomic E-state index is 14.6. The predicted molar refractivity (Wildman–Crippen MR) is 122 cm³/mol. The Morgan fingerprint density at radius 3 is 2.47 bits per heavy atom. The highest BCUT2D eigenvalue weighted by atomic mass is 19.1. The van der Waals surface area contributed by atoms with Crippen LogP contribution in [0, 0.1) is 23.4 Å². The lowest BCUT2D eigenvalue weighted by Gasteiger charge is -2.42. The van der Waals surface area contributed by atoms with Crippen LogP contribution in [0.15, 0.2) is 36.4 Å². The second kappa shape index (κ2) is 8.81. The standard InChI is InChI=1S/C26H26F3N3O2/c27-17-6-4-14(5-7-17)24-23(20-11-18(28)12-21(29)25(20)31-24)15-9-16(10-15)26(34)32-8-2-1-3-19(32)13-22(30)33/h4-7,11-12,15-16,19,31H,1-3,8-10,13H2,(H2,30,33). The Kier molecular flexibility index (Phi) is 5.83. The number of primary amides is 1. The average Bonchev–Trinajstić information content (AvgIpc) is 3.12. The van der Waals surface area contributed by atoms with Crippen LogP contribution in [0.3, 0.4) is 0 Å². The summed E-state index contributed by atoms with van der Waals surface area (Å²) in [5.74, 6) is -2.46. The van der Waals surface area contributed by atoms with E-state index in [4.69, 9.17) is 5.73 Å². The molecule has 1 saturated carbocycles. The number of likely N-dealkylation sites (tertiary alicyclic amines) is 1. The summed E-state index contributed by atoms with van der Waals surface area (Å²) in [5.41, 5.74) is 7.61. The second-order valence-electron chi connectivity index (χ2n) is 9.45. The summed E-state index contributed by atoms with van der Waals surface area (Å²) in [6, 6.07) is 7.82. The lowest BCUT2D eigenvalue weighted by atomic mass is 9.69. The number of rotatable bonds is 5. The summed E-state index contributed by atoms with van der Waals surface area (Å²) in [6.07, 6.45) is 3.86. The molecule has 2 aromatic carbocycles. The van der Waals surface area contributed by atoms with Gasteiger partial charge in [-0.25, -0.2) is 13.2 Å². The molecule has 1 unspecified atom stereocenters. The van der Waals surface area contributed by atoms with Crippen molar-refractivity contribution in [1.29, 1.82) is 0 Å². The molecule has 3 aromatic rings. The van der Waals surface area contributed by atoms with Crippen LogP contribution in [0.1, 0.15) is 50.0 Å². The summed E-state index contributed by atoms with van der Waals surface area (Å²) >= 11 is 0. The lowest BCUT2D eigenvalue weighted by Crippen LogP contribution is -2.50. The van der Waals surface area contributed by atoms with Crippen LogP contribution in [0.2, 0.25) is 0 Å². The molecule has 2 fully saturated rings. The fourth-order valence-corrected chi connectivity index (χ4v) is 5.53. The predicted octanol–water partition coefficient (Wildman–Crippen LogP) is 5.00. The quantitative estimate of drug-likeness (QED) is 0.551. The molecule has 2 amide bonds. The minimum Gasteiger partial charge on any atom is -0.370 e. The molecular weight excluding hydrogens is 443 g/mol. The number of nitrogens with two attached hydrogens (primary N) is 1. The molecule has 2 aliphatic rings. The van der Waals surface area contributed by atoms with Crippen LogP contribution in [0.4, 0.5) is 13.2 Å². The van der Waals surface area contributed by atoms with Gasteiger partial charge in [-0.1, -0.05) is 0 Å². The summed E-state index contributed by atoms with van der Waals surface area (Å²) in [4.78, 5) is 29.6. The summed E-state index contributed by atoms with van der Waals surface area (Å²) < 4.78 is 42.2. The van der Waals surface area contributed by atoms with Crippen molar-refractivity contribution >= 4 is 22.7 Å². The average molecular weight is 470 g/mol. The molecule has 0 radical (unpaired) electrons. The van der Waals surface area contributed by atoms with Gasteiger partial charge in [-0.3, -0.25) is 9.59 Å². The number of carbonyl (C=O) groups is 2. The van der Waals surface area contributed by atoms with E-state index >= 15 is 0 Å². The molecule has 5 rings (SSSR count). The van der Waals surface area contributed by atoms with Crippen molar-refractivity contribution in [3.63, 3.8) is 0 Å². The first kappa shape index (κ1) is 22.5. The molecule has 3 N–H and O–H groups in total. The number of amides is 2. The molecule has 2 heterocycles. The van der Waals surface area contributed by atoms with Gasteiger partial charge >= 0.3 is 0 Å². The normalized spacial score (nSPS) is 22.6. The van der Waals surface area contributed by atoms with Gasteiger partial charge in [0.25, 0.3) is 0 Å². The first-order valence-corrected chi connectivity index (χ1v) is 11.7. The van der Waals surface area contributed by atoms with Gasteiger partial charge in [-0.2, -0.15) is 0 Å². The van der Waals surface area contributed by atoms with E-state index in [1.165, 1.54) is 18.2 Å². The van der Waals surface area contributed by atoms with E-state index in [-0.39, 0.29) is 41.5 Å². The van der Waals surface area contributed by atoms with Gasteiger partial charge in [0.15, 0.2) is 0 Å². The number of carbonyl (C=O) groups excluding carboxylic acids is 2. The largest absolute Gasteiger partial charge is 0.370 e. The van der Waals surface area contributed by atoms with E-state index in [9.17, 15) is 22.8 Å². The van der Waals surface area contributed by atoms with Gasteiger partial charge < -0.3 is 15.6 Å². The smallest absolute Gasteiger partial charge is 0.225 e. The van der Waals surface area contributed by atoms with Gasteiger partial charge in [-0.15, -0.1) is 0 Å². The monoisotopic (exact) mass is 469 g/mol. The third kappa shape index (κ3) is 4.06. The molecule has 1 aromatic heterocycles. The first-order valence-electron chi connectivity index (χ1n) is 11.7. The number of aromatic amines is 1. The molecule has 178 valence electrons. The highest BCUT2D eigenvalue weighted by molar-refractivity contribution is 5.92. The number of hydrogen-bond donors (Lipinski definition) is 2. The molecule has 5 nitrogen and oxygen atoms in total. The maximum Gasteiger partial charge on any atom is 0.225 e. The number of aromatic nitrogens is 1. The van der Waals surface area contributed by atoms with Crippen LogP contribution in [-0.4, -0.2) is 34.3 Å². The minimum atomic E-state index is -0.695. The highest BCUT2D eigenvalue weighted by Gasteiger charge is 2.42. The van der Waals surface area contributed by atoms with Gasteiger partial charge in [-0.05, 0) is 79.5 Å². The van der Waals surface area contributed by atoms with Crippen LogP contribution < -0.4 is 5.73 Å². The van der Waals surface area contributed by atoms with Crippen LogP contribution >= 0.6 is 0 Å². The van der Waals surface area contributed by atoms with Gasteiger partial charge in [0, 0.05) is 36.4 Å². The van der Waals surface area contributed by atoms with Crippen molar-refractivity contribution in [3.05, 3.63) is 59.4 Å². The van der Waals surface area contributed by atoms with E-state index in [0.29, 0.717) is 36.0 Å². The van der Waals surface area contributed by atoms with Gasteiger partial charge in [0.1, 0.15) is 17.5 Å². The Balaban J connectivity index is 1.44. The molecule has 34 heavy (non-hydrogen) atoms. The molecule has 8 heteroatoms. The van der Waals surface area contributed by atoms with Crippen molar-refractivity contribution in [2.45, 2.75) is 50.5 Å². The summed E-state index contributed by atoms with van der Waals surface area (Å²) in [7, 11) is 0.